The standard InChI is InChI=1S/C13H16N6O/c20-12-13(3-6-14-7-4-13)5-8-18(12)11-2-1-10-16-15-9-19(10)17-11/h1-2,9,14H,3-8H2. The minimum Gasteiger partial charge on any atom is -0.317 e. The van der Waals surface area contributed by atoms with Gasteiger partial charge in [0.25, 0.3) is 0 Å². The molecule has 0 unspecified atom stereocenters. The maximum Gasteiger partial charge on any atom is 0.234 e. The van der Waals surface area contributed by atoms with Crippen LogP contribution in [0.15, 0.2) is 18.5 Å². The number of hydrogen-bond acceptors (Lipinski definition) is 5. The van der Waals surface area contributed by atoms with E-state index in [1.54, 1.807) is 10.8 Å². The molecule has 1 amide bonds. The summed E-state index contributed by atoms with van der Waals surface area (Å²) in [6, 6.07) is 3.69. The van der Waals surface area contributed by atoms with E-state index in [1.165, 1.54) is 0 Å². The number of amides is 1. The molecule has 2 aliphatic rings. The van der Waals surface area contributed by atoms with E-state index in [0.29, 0.717) is 11.5 Å². The number of carbonyl (C=O) groups excluding carboxylic acids is 1. The fraction of sp³-hybridized carbons (Fsp3) is 0.538. The molecule has 1 spiro atoms. The highest BCUT2D eigenvalue weighted by atomic mass is 16.2. The SMILES string of the molecule is O=C1N(c2ccc3nncn3n2)CCC12CCNCC2. The number of fused-ring (bicyclic) bond motifs is 1. The third-order valence-corrected chi connectivity index (χ3v) is 4.50. The number of nitrogens with zero attached hydrogens (tertiary/aromatic N) is 5. The van der Waals surface area contributed by atoms with Crippen molar-refractivity contribution in [1.29, 1.82) is 0 Å². The van der Waals surface area contributed by atoms with Gasteiger partial charge < -0.3 is 5.32 Å². The predicted molar refractivity (Wildman–Crippen MR) is 72.3 cm³/mol. The van der Waals surface area contributed by atoms with Crippen molar-refractivity contribution in [3.05, 3.63) is 18.5 Å². The van der Waals surface area contributed by atoms with Gasteiger partial charge in [0.15, 0.2) is 11.5 Å². The van der Waals surface area contributed by atoms with Gasteiger partial charge in [-0.25, -0.2) is 0 Å². The Morgan fingerprint density at radius 2 is 2.05 bits per heavy atom. The fourth-order valence-electron chi connectivity index (χ4n) is 3.27. The second-order valence-corrected chi connectivity index (χ2v) is 5.56. The molecule has 104 valence electrons. The number of rotatable bonds is 1. The Morgan fingerprint density at radius 1 is 1.20 bits per heavy atom. The number of carbonyl (C=O) groups is 1. The van der Waals surface area contributed by atoms with Crippen molar-refractivity contribution in [1.82, 2.24) is 25.1 Å². The lowest BCUT2D eigenvalue weighted by molar-refractivity contribution is -0.126. The van der Waals surface area contributed by atoms with Gasteiger partial charge in [-0.2, -0.15) is 4.52 Å². The molecular weight excluding hydrogens is 256 g/mol. The van der Waals surface area contributed by atoms with E-state index in [1.807, 2.05) is 17.0 Å². The van der Waals surface area contributed by atoms with Gasteiger partial charge in [0.2, 0.25) is 5.91 Å². The smallest absolute Gasteiger partial charge is 0.234 e. The second kappa shape index (κ2) is 4.24. The third kappa shape index (κ3) is 1.62. The van der Waals surface area contributed by atoms with Crippen LogP contribution in [0, 0.1) is 5.41 Å². The molecule has 4 rings (SSSR count). The Morgan fingerprint density at radius 3 is 2.90 bits per heavy atom. The molecule has 2 saturated heterocycles. The maximum absolute atomic E-state index is 12.8. The molecule has 4 heterocycles. The molecule has 0 atom stereocenters. The molecule has 0 bridgehead atoms. The lowest BCUT2D eigenvalue weighted by atomic mass is 9.78. The van der Waals surface area contributed by atoms with Gasteiger partial charge in [-0.3, -0.25) is 9.69 Å². The summed E-state index contributed by atoms with van der Waals surface area (Å²) in [5.41, 5.74) is 0.520. The number of nitrogens with one attached hydrogen (secondary N) is 1. The zero-order valence-corrected chi connectivity index (χ0v) is 11.1. The van der Waals surface area contributed by atoms with Gasteiger partial charge >= 0.3 is 0 Å². The Balaban J connectivity index is 1.67. The van der Waals surface area contributed by atoms with E-state index in [4.69, 9.17) is 0 Å². The molecule has 2 aliphatic heterocycles. The Labute approximate surface area is 116 Å². The lowest BCUT2D eigenvalue weighted by Gasteiger charge is -2.31. The second-order valence-electron chi connectivity index (χ2n) is 5.56. The van der Waals surface area contributed by atoms with E-state index >= 15 is 0 Å². The van der Waals surface area contributed by atoms with Crippen LogP contribution in [0.25, 0.3) is 5.65 Å². The fourth-order valence-corrected chi connectivity index (χ4v) is 3.27. The van der Waals surface area contributed by atoms with Crippen molar-refractivity contribution >= 4 is 17.4 Å². The van der Waals surface area contributed by atoms with Crippen molar-refractivity contribution in [2.45, 2.75) is 19.3 Å². The largest absolute Gasteiger partial charge is 0.317 e. The van der Waals surface area contributed by atoms with E-state index in [2.05, 4.69) is 20.6 Å². The van der Waals surface area contributed by atoms with Crippen LogP contribution in [-0.4, -0.2) is 45.4 Å². The molecule has 2 aromatic rings. The molecular formula is C13H16N6O. The maximum atomic E-state index is 12.8. The molecule has 7 nitrogen and oxygen atoms in total. The number of piperidine rings is 1. The van der Waals surface area contributed by atoms with Crippen LogP contribution < -0.4 is 10.2 Å². The molecule has 0 aliphatic carbocycles. The summed E-state index contributed by atoms with van der Waals surface area (Å²) in [6.45, 7) is 2.61. The average Bonchev–Trinajstić information content (AvgIpc) is 3.06. The summed E-state index contributed by atoms with van der Waals surface area (Å²) in [5.74, 6) is 0.914. The highest BCUT2D eigenvalue weighted by molar-refractivity contribution is 5.99. The van der Waals surface area contributed by atoms with Crippen LogP contribution in [0.5, 0.6) is 0 Å². The first-order valence-electron chi connectivity index (χ1n) is 6.98. The van der Waals surface area contributed by atoms with Crippen molar-refractivity contribution in [2.75, 3.05) is 24.5 Å². The van der Waals surface area contributed by atoms with Gasteiger partial charge in [-0.1, -0.05) is 0 Å². The molecule has 2 aromatic heterocycles. The Hall–Kier alpha value is -2.02. The molecule has 2 fully saturated rings. The zero-order chi connectivity index (χ0) is 13.6. The number of hydrogen-bond donors (Lipinski definition) is 1. The van der Waals surface area contributed by atoms with E-state index in [0.717, 1.165) is 38.9 Å². The first kappa shape index (κ1) is 11.8. The topological polar surface area (TPSA) is 75.4 Å². The van der Waals surface area contributed by atoms with E-state index < -0.39 is 0 Å². The van der Waals surface area contributed by atoms with Crippen LogP contribution in [0.1, 0.15) is 19.3 Å². The zero-order valence-electron chi connectivity index (χ0n) is 11.1. The minimum absolute atomic E-state index is 0.172. The quantitative estimate of drug-likeness (QED) is 0.804. The van der Waals surface area contributed by atoms with Crippen molar-refractivity contribution in [3.63, 3.8) is 0 Å². The number of aromatic nitrogens is 4. The van der Waals surface area contributed by atoms with E-state index in [9.17, 15) is 4.79 Å². The van der Waals surface area contributed by atoms with Crippen LogP contribution in [0.2, 0.25) is 0 Å². The lowest BCUT2D eigenvalue weighted by Crippen LogP contribution is -2.42. The van der Waals surface area contributed by atoms with Gasteiger partial charge in [0.1, 0.15) is 6.33 Å². The Bertz CT molecular complexity index is 660. The Kier molecular flexibility index (Phi) is 2.50. The first-order chi connectivity index (χ1) is 9.78. The van der Waals surface area contributed by atoms with Crippen molar-refractivity contribution in [3.8, 4) is 0 Å². The molecule has 1 N–H and O–H groups in total. The highest BCUT2D eigenvalue weighted by Gasteiger charge is 2.47. The molecule has 0 saturated carbocycles. The molecule has 20 heavy (non-hydrogen) atoms. The van der Waals surface area contributed by atoms with Crippen molar-refractivity contribution < 1.29 is 4.79 Å². The normalized spacial score (nSPS) is 22.0. The average molecular weight is 272 g/mol. The summed E-state index contributed by atoms with van der Waals surface area (Å²) in [7, 11) is 0. The highest BCUT2D eigenvalue weighted by Crippen LogP contribution is 2.41. The van der Waals surface area contributed by atoms with Crippen LogP contribution in [-0.2, 0) is 4.79 Å². The molecule has 7 heteroatoms. The van der Waals surface area contributed by atoms with Crippen LogP contribution in [0.3, 0.4) is 0 Å². The number of anilines is 1. The van der Waals surface area contributed by atoms with Gasteiger partial charge in [-0.05, 0) is 44.5 Å². The minimum atomic E-state index is -0.172. The monoisotopic (exact) mass is 272 g/mol. The van der Waals surface area contributed by atoms with E-state index in [-0.39, 0.29) is 11.3 Å². The summed E-state index contributed by atoms with van der Waals surface area (Å²) >= 11 is 0. The van der Waals surface area contributed by atoms with Crippen LogP contribution in [0.4, 0.5) is 5.82 Å². The molecule has 0 radical (unpaired) electrons. The van der Waals surface area contributed by atoms with Gasteiger partial charge in [-0.15, -0.1) is 15.3 Å². The summed E-state index contributed by atoms with van der Waals surface area (Å²) in [6.07, 6.45) is 4.34. The predicted octanol–water partition coefficient (Wildman–Crippen LogP) is 0.231. The van der Waals surface area contributed by atoms with Crippen LogP contribution >= 0.6 is 0 Å². The van der Waals surface area contributed by atoms with Gasteiger partial charge in [0, 0.05) is 6.54 Å². The summed E-state index contributed by atoms with van der Waals surface area (Å²) < 4.78 is 1.61. The third-order valence-electron chi connectivity index (χ3n) is 4.50. The van der Waals surface area contributed by atoms with Crippen molar-refractivity contribution in [2.24, 2.45) is 5.41 Å². The molecule has 0 aromatic carbocycles. The van der Waals surface area contributed by atoms with Gasteiger partial charge in [0.05, 0.1) is 5.41 Å². The summed E-state index contributed by atoms with van der Waals surface area (Å²) in [5, 5.41) is 15.5. The first-order valence-corrected chi connectivity index (χ1v) is 6.98. The summed E-state index contributed by atoms with van der Waals surface area (Å²) in [4.78, 5) is 14.6.